The molecule has 0 radical (unpaired) electrons. The molecule has 5 nitrogen and oxygen atoms in total. The molecule has 23 heavy (non-hydrogen) atoms. The van der Waals surface area contributed by atoms with Crippen molar-refractivity contribution in [1.82, 2.24) is 10.3 Å². The molecule has 2 aromatic rings. The number of hydrogen-bond acceptors (Lipinski definition) is 5. The molecule has 1 fully saturated rings. The van der Waals surface area contributed by atoms with Crippen molar-refractivity contribution in [2.24, 2.45) is 5.92 Å². The van der Waals surface area contributed by atoms with Crippen LogP contribution in [0.4, 0.5) is 0 Å². The predicted octanol–water partition coefficient (Wildman–Crippen LogP) is 3.12. The summed E-state index contributed by atoms with van der Waals surface area (Å²) in [6, 6.07) is 12.7. The van der Waals surface area contributed by atoms with Crippen LogP contribution in [0.3, 0.4) is 0 Å². The lowest BCUT2D eigenvalue weighted by molar-refractivity contribution is 0.212. The van der Waals surface area contributed by atoms with Gasteiger partial charge in [-0.3, -0.25) is 0 Å². The smallest absolute Gasteiger partial charge is 0.262 e. The van der Waals surface area contributed by atoms with Crippen molar-refractivity contribution in [2.45, 2.75) is 12.8 Å². The Morgan fingerprint density at radius 2 is 2.13 bits per heavy atom. The number of pyridine rings is 1. The van der Waals surface area contributed by atoms with Crippen LogP contribution >= 0.6 is 0 Å². The number of nitriles is 1. The fourth-order valence-corrected chi connectivity index (χ4v) is 2.55. The monoisotopic (exact) mass is 309 g/mol. The minimum absolute atomic E-state index is 0.445. The van der Waals surface area contributed by atoms with E-state index in [1.807, 2.05) is 12.1 Å². The second kappa shape index (κ2) is 7.61. The van der Waals surface area contributed by atoms with Gasteiger partial charge in [0.05, 0.1) is 18.2 Å². The van der Waals surface area contributed by atoms with E-state index >= 15 is 0 Å². The highest BCUT2D eigenvalue weighted by molar-refractivity contribution is 5.39. The fourth-order valence-electron chi connectivity index (χ4n) is 2.55. The van der Waals surface area contributed by atoms with Crippen molar-refractivity contribution in [2.75, 3.05) is 19.7 Å². The van der Waals surface area contributed by atoms with Gasteiger partial charge in [0.15, 0.2) is 5.75 Å². The van der Waals surface area contributed by atoms with Gasteiger partial charge in [-0.15, -0.1) is 0 Å². The molecule has 1 saturated heterocycles. The van der Waals surface area contributed by atoms with Crippen LogP contribution in [0, 0.1) is 17.2 Å². The molecule has 0 amide bonds. The molecule has 0 aliphatic carbocycles. The second-order valence-corrected chi connectivity index (χ2v) is 5.57. The number of piperidine rings is 1. The molecule has 1 N–H and O–H groups in total. The first-order valence-corrected chi connectivity index (χ1v) is 7.82. The van der Waals surface area contributed by atoms with E-state index in [0.29, 0.717) is 35.5 Å². The highest BCUT2D eigenvalue weighted by atomic mass is 16.5. The molecular weight excluding hydrogens is 290 g/mol. The van der Waals surface area contributed by atoms with Crippen molar-refractivity contribution in [3.63, 3.8) is 0 Å². The molecule has 1 aliphatic heterocycles. The molecule has 1 aromatic heterocycles. The van der Waals surface area contributed by atoms with Crippen LogP contribution < -0.4 is 14.8 Å². The number of nitrogens with zero attached hydrogens (tertiary/aromatic N) is 2. The third-order valence-electron chi connectivity index (χ3n) is 3.81. The first kappa shape index (κ1) is 15.3. The molecule has 1 aromatic carbocycles. The molecule has 118 valence electrons. The highest BCUT2D eigenvalue weighted by Crippen LogP contribution is 2.29. The van der Waals surface area contributed by atoms with Crippen molar-refractivity contribution >= 4 is 0 Å². The summed E-state index contributed by atoms with van der Waals surface area (Å²) in [5.74, 6) is 2.24. The van der Waals surface area contributed by atoms with Crippen LogP contribution in [-0.4, -0.2) is 24.7 Å². The Kier molecular flexibility index (Phi) is 5.07. The topological polar surface area (TPSA) is 67.2 Å². The minimum atomic E-state index is 0.445. The van der Waals surface area contributed by atoms with Crippen molar-refractivity contribution in [3.8, 4) is 23.4 Å². The van der Waals surface area contributed by atoms with Gasteiger partial charge in [-0.1, -0.05) is 0 Å². The molecule has 0 bridgehead atoms. The molecule has 0 spiro atoms. The highest BCUT2D eigenvalue weighted by Gasteiger charge is 2.15. The third kappa shape index (κ3) is 4.21. The molecule has 3 rings (SSSR count). The SMILES string of the molecule is N#Cc1ccc(Oc2ncccc2OC[C@H]2CCCNC2)cc1. The summed E-state index contributed by atoms with van der Waals surface area (Å²) in [7, 11) is 0. The van der Waals surface area contributed by atoms with E-state index in [1.165, 1.54) is 12.8 Å². The van der Waals surface area contributed by atoms with Gasteiger partial charge in [0, 0.05) is 18.7 Å². The number of rotatable bonds is 5. The van der Waals surface area contributed by atoms with E-state index in [0.717, 1.165) is 13.1 Å². The Hall–Kier alpha value is -2.58. The van der Waals surface area contributed by atoms with Gasteiger partial charge in [-0.05, 0) is 55.8 Å². The van der Waals surface area contributed by atoms with Gasteiger partial charge in [-0.25, -0.2) is 4.98 Å². The minimum Gasteiger partial charge on any atom is -0.488 e. The van der Waals surface area contributed by atoms with E-state index in [-0.39, 0.29) is 0 Å². The molecule has 5 heteroatoms. The average Bonchev–Trinajstić information content (AvgIpc) is 2.62. The average molecular weight is 309 g/mol. The zero-order valence-electron chi connectivity index (χ0n) is 12.9. The predicted molar refractivity (Wildman–Crippen MR) is 86.6 cm³/mol. The van der Waals surface area contributed by atoms with E-state index in [2.05, 4.69) is 16.4 Å². The third-order valence-corrected chi connectivity index (χ3v) is 3.81. The van der Waals surface area contributed by atoms with Crippen molar-refractivity contribution < 1.29 is 9.47 Å². The number of benzene rings is 1. The zero-order chi connectivity index (χ0) is 15.9. The van der Waals surface area contributed by atoms with Crippen LogP contribution in [0.2, 0.25) is 0 Å². The maximum absolute atomic E-state index is 8.83. The normalized spacial score (nSPS) is 17.3. The Labute approximate surface area is 135 Å². The van der Waals surface area contributed by atoms with Crippen molar-refractivity contribution in [1.29, 1.82) is 5.26 Å². The standard InChI is InChI=1S/C18H19N3O2/c19-11-14-5-7-16(8-6-14)23-18-17(4-2-10-21-18)22-13-15-3-1-9-20-12-15/h2,4-8,10,15,20H,1,3,9,12-13H2/t15-/m0/s1. The molecule has 2 heterocycles. The first-order chi connectivity index (χ1) is 11.3. The van der Waals surface area contributed by atoms with Crippen LogP contribution in [0.1, 0.15) is 18.4 Å². The maximum Gasteiger partial charge on any atom is 0.262 e. The van der Waals surface area contributed by atoms with Crippen LogP contribution in [0.5, 0.6) is 17.4 Å². The van der Waals surface area contributed by atoms with Gasteiger partial charge in [0.2, 0.25) is 0 Å². The summed E-state index contributed by atoms with van der Waals surface area (Å²) in [5, 5.41) is 12.2. The van der Waals surface area contributed by atoms with Crippen LogP contribution in [-0.2, 0) is 0 Å². The van der Waals surface area contributed by atoms with Crippen molar-refractivity contribution in [3.05, 3.63) is 48.2 Å². The fraction of sp³-hybridized carbons (Fsp3) is 0.333. The quantitative estimate of drug-likeness (QED) is 0.919. The van der Waals surface area contributed by atoms with E-state index in [4.69, 9.17) is 14.7 Å². The van der Waals surface area contributed by atoms with Gasteiger partial charge >= 0.3 is 0 Å². The Morgan fingerprint density at radius 3 is 2.87 bits per heavy atom. The number of hydrogen-bond donors (Lipinski definition) is 1. The van der Waals surface area contributed by atoms with Crippen LogP contribution in [0.15, 0.2) is 42.6 Å². The molecule has 1 aliphatic rings. The number of aromatic nitrogens is 1. The van der Waals surface area contributed by atoms with E-state index < -0.39 is 0 Å². The van der Waals surface area contributed by atoms with Gasteiger partial charge in [0.1, 0.15) is 5.75 Å². The summed E-state index contributed by atoms with van der Waals surface area (Å²) in [6.45, 7) is 2.74. The lowest BCUT2D eigenvalue weighted by Crippen LogP contribution is -2.33. The number of ether oxygens (including phenoxy) is 2. The zero-order valence-corrected chi connectivity index (χ0v) is 12.9. The Morgan fingerprint density at radius 1 is 1.26 bits per heavy atom. The largest absolute Gasteiger partial charge is 0.488 e. The Bertz CT molecular complexity index is 673. The summed E-state index contributed by atoms with van der Waals surface area (Å²) in [6.07, 6.45) is 4.04. The second-order valence-electron chi connectivity index (χ2n) is 5.57. The summed E-state index contributed by atoms with van der Waals surface area (Å²) >= 11 is 0. The van der Waals surface area contributed by atoms with Gasteiger partial charge < -0.3 is 14.8 Å². The molecule has 1 atom stereocenters. The summed E-state index contributed by atoms with van der Waals surface area (Å²) in [5.41, 5.74) is 0.597. The Balaban J connectivity index is 1.65. The lowest BCUT2D eigenvalue weighted by Gasteiger charge is -2.23. The number of nitrogens with one attached hydrogen (secondary N) is 1. The lowest BCUT2D eigenvalue weighted by atomic mass is 10.0. The summed E-state index contributed by atoms with van der Waals surface area (Å²) in [4.78, 5) is 4.25. The maximum atomic E-state index is 8.83. The molecular formula is C18H19N3O2. The van der Waals surface area contributed by atoms with Crippen LogP contribution in [0.25, 0.3) is 0 Å². The summed E-state index contributed by atoms with van der Waals surface area (Å²) < 4.78 is 11.7. The van der Waals surface area contributed by atoms with Gasteiger partial charge in [0.25, 0.3) is 5.88 Å². The van der Waals surface area contributed by atoms with E-state index in [9.17, 15) is 0 Å². The first-order valence-electron chi connectivity index (χ1n) is 7.82. The van der Waals surface area contributed by atoms with Gasteiger partial charge in [-0.2, -0.15) is 5.26 Å². The molecule has 0 unspecified atom stereocenters. The molecule has 0 saturated carbocycles. The van der Waals surface area contributed by atoms with E-state index in [1.54, 1.807) is 30.5 Å².